The fourth-order valence-electron chi connectivity index (χ4n) is 2.00. The van der Waals surface area contributed by atoms with Gasteiger partial charge in [0, 0.05) is 6.04 Å². The van der Waals surface area contributed by atoms with Crippen molar-refractivity contribution in [2.75, 3.05) is 0 Å². The van der Waals surface area contributed by atoms with E-state index in [1.165, 1.54) is 5.56 Å². The number of ether oxygens (including phenoxy) is 1. The number of nitrogens with two attached hydrogens (primary N) is 1. The maximum absolute atomic E-state index is 5.84. The van der Waals surface area contributed by atoms with Crippen LogP contribution in [0.15, 0.2) is 48.5 Å². The molecule has 0 saturated carbocycles. The molecule has 0 aliphatic heterocycles. The molecule has 0 fully saturated rings. The number of hydrogen-bond donors (Lipinski definition) is 1. The Hall–Kier alpha value is -1.80. The highest BCUT2D eigenvalue weighted by Gasteiger charge is 2.13. The van der Waals surface area contributed by atoms with Gasteiger partial charge in [-0.15, -0.1) is 0 Å². The molecule has 0 amide bonds. The van der Waals surface area contributed by atoms with Crippen LogP contribution in [0.2, 0.25) is 0 Å². The molecule has 0 saturated heterocycles. The predicted molar refractivity (Wildman–Crippen MR) is 84.3 cm³/mol. The highest BCUT2D eigenvalue weighted by molar-refractivity contribution is 5.36. The van der Waals surface area contributed by atoms with Crippen molar-refractivity contribution in [2.45, 2.75) is 39.2 Å². The van der Waals surface area contributed by atoms with Crippen molar-refractivity contribution >= 4 is 0 Å². The van der Waals surface area contributed by atoms with E-state index in [0.29, 0.717) is 0 Å². The average molecular weight is 269 g/mol. The molecule has 0 radical (unpaired) electrons. The van der Waals surface area contributed by atoms with Gasteiger partial charge in [-0.2, -0.15) is 0 Å². The largest absolute Gasteiger partial charge is 0.457 e. The lowest BCUT2D eigenvalue weighted by Crippen LogP contribution is -2.10. The summed E-state index contributed by atoms with van der Waals surface area (Å²) in [5, 5.41) is 0. The van der Waals surface area contributed by atoms with Gasteiger partial charge in [-0.05, 0) is 47.7 Å². The maximum Gasteiger partial charge on any atom is 0.127 e. The highest BCUT2D eigenvalue weighted by Crippen LogP contribution is 2.27. The Kier molecular flexibility index (Phi) is 4.15. The lowest BCUT2D eigenvalue weighted by atomic mass is 9.87. The van der Waals surface area contributed by atoms with Crippen molar-refractivity contribution in [1.82, 2.24) is 0 Å². The van der Waals surface area contributed by atoms with Crippen molar-refractivity contribution in [3.63, 3.8) is 0 Å². The third-order valence-corrected chi connectivity index (χ3v) is 3.36. The van der Waals surface area contributed by atoms with Gasteiger partial charge in [0.15, 0.2) is 0 Å². The monoisotopic (exact) mass is 269 g/mol. The van der Waals surface area contributed by atoms with Gasteiger partial charge < -0.3 is 10.5 Å². The molecule has 106 valence electrons. The zero-order valence-electron chi connectivity index (χ0n) is 12.7. The van der Waals surface area contributed by atoms with Gasteiger partial charge in [-0.3, -0.25) is 0 Å². The van der Waals surface area contributed by atoms with E-state index < -0.39 is 0 Å². The Bertz CT molecular complexity index is 547. The molecule has 2 heteroatoms. The Balaban J connectivity index is 2.10. The molecule has 2 nitrogen and oxygen atoms in total. The second kappa shape index (κ2) is 5.68. The van der Waals surface area contributed by atoms with Crippen LogP contribution in [-0.4, -0.2) is 0 Å². The normalized spacial score (nSPS) is 13.1. The summed E-state index contributed by atoms with van der Waals surface area (Å²) < 4.78 is 5.84. The second-order valence-electron chi connectivity index (χ2n) is 6.23. The van der Waals surface area contributed by atoms with Gasteiger partial charge in [-0.1, -0.05) is 45.0 Å². The zero-order chi connectivity index (χ0) is 14.8. The van der Waals surface area contributed by atoms with Gasteiger partial charge in [0.05, 0.1) is 0 Å². The van der Waals surface area contributed by atoms with Crippen LogP contribution < -0.4 is 10.5 Å². The van der Waals surface area contributed by atoms with Crippen molar-refractivity contribution in [3.8, 4) is 11.5 Å². The van der Waals surface area contributed by atoms with E-state index in [0.717, 1.165) is 17.1 Å². The highest BCUT2D eigenvalue weighted by atomic mass is 16.5. The average Bonchev–Trinajstić information content (AvgIpc) is 2.39. The van der Waals surface area contributed by atoms with Gasteiger partial charge in [0.2, 0.25) is 0 Å². The van der Waals surface area contributed by atoms with Crippen molar-refractivity contribution < 1.29 is 4.74 Å². The van der Waals surface area contributed by atoms with Crippen LogP contribution in [0.4, 0.5) is 0 Å². The summed E-state index contributed by atoms with van der Waals surface area (Å²) in [6, 6.07) is 16.2. The smallest absolute Gasteiger partial charge is 0.127 e. The summed E-state index contributed by atoms with van der Waals surface area (Å²) in [5.41, 5.74) is 8.41. The van der Waals surface area contributed by atoms with Crippen LogP contribution in [0.25, 0.3) is 0 Å². The number of benzene rings is 2. The molecule has 0 aromatic heterocycles. The zero-order valence-corrected chi connectivity index (χ0v) is 12.7. The summed E-state index contributed by atoms with van der Waals surface area (Å²) in [7, 11) is 0. The lowest BCUT2D eigenvalue weighted by Gasteiger charge is -2.19. The second-order valence-corrected chi connectivity index (χ2v) is 6.23. The van der Waals surface area contributed by atoms with Gasteiger partial charge in [-0.25, -0.2) is 0 Å². The lowest BCUT2D eigenvalue weighted by molar-refractivity contribution is 0.481. The first kappa shape index (κ1) is 14.6. The number of hydrogen-bond acceptors (Lipinski definition) is 2. The molecule has 0 heterocycles. The Morgan fingerprint density at radius 2 is 1.30 bits per heavy atom. The molecule has 2 N–H and O–H groups in total. The fraction of sp³-hybridized carbons (Fsp3) is 0.333. The van der Waals surface area contributed by atoms with E-state index in [1.807, 2.05) is 43.3 Å². The molecule has 0 spiro atoms. The first-order chi connectivity index (χ1) is 9.36. The summed E-state index contributed by atoms with van der Waals surface area (Å²) in [5.74, 6) is 1.68. The van der Waals surface area contributed by atoms with Crippen molar-refractivity contribution in [1.29, 1.82) is 0 Å². The van der Waals surface area contributed by atoms with Crippen LogP contribution >= 0.6 is 0 Å². The molecule has 0 bridgehead atoms. The third-order valence-electron chi connectivity index (χ3n) is 3.36. The van der Waals surface area contributed by atoms with E-state index >= 15 is 0 Å². The molecular weight excluding hydrogens is 246 g/mol. The van der Waals surface area contributed by atoms with E-state index in [9.17, 15) is 0 Å². The molecule has 0 aliphatic carbocycles. The molecular formula is C18H23NO. The van der Waals surface area contributed by atoms with Gasteiger partial charge >= 0.3 is 0 Å². The fourth-order valence-corrected chi connectivity index (χ4v) is 2.00. The third kappa shape index (κ3) is 3.61. The van der Waals surface area contributed by atoms with Crippen molar-refractivity contribution in [3.05, 3.63) is 59.7 Å². The predicted octanol–water partition coefficient (Wildman–Crippen LogP) is 4.80. The van der Waals surface area contributed by atoms with E-state index in [1.54, 1.807) is 0 Å². The SMILES string of the molecule is CC(N)c1ccc(Oc2ccc(C(C)(C)C)cc2)cc1. The van der Waals surface area contributed by atoms with E-state index in [-0.39, 0.29) is 11.5 Å². The number of rotatable bonds is 3. The van der Waals surface area contributed by atoms with Crippen LogP contribution in [0.3, 0.4) is 0 Å². The standard InChI is InChI=1S/C18H23NO/c1-13(19)14-5-9-16(10-6-14)20-17-11-7-15(8-12-17)18(2,3)4/h5-13H,19H2,1-4H3. The van der Waals surface area contributed by atoms with Crippen molar-refractivity contribution in [2.24, 2.45) is 5.73 Å². The molecule has 1 atom stereocenters. The minimum atomic E-state index is 0.0510. The molecule has 0 aliphatic rings. The van der Waals surface area contributed by atoms with Crippen LogP contribution in [0, 0.1) is 0 Å². The first-order valence-electron chi connectivity index (χ1n) is 7.00. The Labute approximate surface area is 121 Å². The first-order valence-corrected chi connectivity index (χ1v) is 7.00. The van der Waals surface area contributed by atoms with E-state index in [2.05, 4.69) is 32.9 Å². The maximum atomic E-state index is 5.84. The Morgan fingerprint density at radius 1 is 0.850 bits per heavy atom. The molecule has 2 aromatic carbocycles. The summed E-state index contributed by atoms with van der Waals surface area (Å²) in [6.45, 7) is 8.59. The van der Waals surface area contributed by atoms with Crippen LogP contribution in [0.1, 0.15) is 44.9 Å². The molecule has 2 rings (SSSR count). The van der Waals surface area contributed by atoms with Crippen LogP contribution in [-0.2, 0) is 5.41 Å². The topological polar surface area (TPSA) is 35.2 Å². The quantitative estimate of drug-likeness (QED) is 0.869. The minimum Gasteiger partial charge on any atom is -0.457 e. The molecule has 1 unspecified atom stereocenters. The van der Waals surface area contributed by atoms with E-state index in [4.69, 9.17) is 10.5 Å². The Morgan fingerprint density at radius 3 is 1.70 bits per heavy atom. The van der Waals surface area contributed by atoms with Crippen LogP contribution in [0.5, 0.6) is 11.5 Å². The summed E-state index contributed by atoms with van der Waals surface area (Å²) in [4.78, 5) is 0. The minimum absolute atomic E-state index is 0.0510. The summed E-state index contributed by atoms with van der Waals surface area (Å²) >= 11 is 0. The molecule has 2 aromatic rings. The van der Waals surface area contributed by atoms with Gasteiger partial charge in [0.25, 0.3) is 0 Å². The summed E-state index contributed by atoms with van der Waals surface area (Å²) in [6.07, 6.45) is 0. The molecule has 20 heavy (non-hydrogen) atoms. The van der Waals surface area contributed by atoms with Gasteiger partial charge in [0.1, 0.15) is 11.5 Å².